The van der Waals surface area contributed by atoms with Crippen LogP contribution in [0.5, 0.6) is 5.75 Å². The molecule has 2 aromatic rings. The third-order valence-electron chi connectivity index (χ3n) is 7.60. The average molecular weight is 497 g/mol. The second kappa shape index (κ2) is 12.1. The smallest absolute Gasteiger partial charge is 0.126 e. The van der Waals surface area contributed by atoms with Crippen LogP contribution in [0.4, 0.5) is 0 Å². The van der Waals surface area contributed by atoms with Gasteiger partial charge < -0.3 is 19.1 Å². The van der Waals surface area contributed by atoms with E-state index < -0.39 is 6.10 Å². The van der Waals surface area contributed by atoms with Crippen molar-refractivity contribution in [3.63, 3.8) is 0 Å². The van der Waals surface area contributed by atoms with E-state index in [0.29, 0.717) is 19.8 Å². The van der Waals surface area contributed by atoms with Crippen LogP contribution in [0, 0.1) is 5.92 Å². The number of piperidine rings is 1. The van der Waals surface area contributed by atoms with E-state index in [9.17, 15) is 5.11 Å². The van der Waals surface area contributed by atoms with Crippen LogP contribution in [0.2, 0.25) is 0 Å². The SMILES string of the molecule is CC1CC[N+](Cc2ccccc2)(C[C@H](O)COCCOc2ccc(C(C)(C)C)cc2C(C)(C)C)CC1. The van der Waals surface area contributed by atoms with Gasteiger partial charge in [0.2, 0.25) is 0 Å². The molecule has 1 atom stereocenters. The van der Waals surface area contributed by atoms with Gasteiger partial charge in [0.15, 0.2) is 0 Å². The molecule has 1 N–H and O–H groups in total. The lowest BCUT2D eigenvalue weighted by molar-refractivity contribution is -0.948. The quantitative estimate of drug-likeness (QED) is 0.302. The van der Waals surface area contributed by atoms with Gasteiger partial charge in [-0.1, -0.05) is 90.9 Å². The predicted molar refractivity (Wildman–Crippen MR) is 150 cm³/mol. The van der Waals surface area contributed by atoms with Crippen LogP contribution in [-0.2, 0) is 22.1 Å². The second-order valence-corrected chi connectivity index (χ2v) is 13.1. The van der Waals surface area contributed by atoms with Crippen molar-refractivity contribution in [3.05, 3.63) is 65.2 Å². The molecule has 0 unspecified atom stereocenters. The molecule has 1 heterocycles. The summed E-state index contributed by atoms with van der Waals surface area (Å²) in [5, 5.41) is 10.9. The van der Waals surface area contributed by atoms with Crippen molar-refractivity contribution in [2.45, 2.75) is 84.8 Å². The van der Waals surface area contributed by atoms with E-state index in [1.807, 2.05) is 0 Å². The Bertz CT molecular complexity index is 934. The molecule has 1 aliphatic rings. The number of ether oxygens (including phenoxy) is 2. The van der Waals surface area contributed by atoms with E-state index in [1.54, 1.807) is 0 Å². The van der Waals surface area contributed by atoms with Crippen molar-refractivity contribution in [2.24, 2.45) is 5.92 Å². The third kappa shape index (κ3) is 8.33. The Kier molecular flexibility index (Phi) is 9.65. The molecule has 200 valence electrons. The van der Waals surface area contributed by atoms with Crippen molar-refractivity contribution >= 4 is 0 Å². The molecule has 0 amide bonds. The van der Waals surface area contributed by atoms with E-state index in [2.05, 4.69) is 97.0 Å². The van der Waals surface area contributed by atoms with E-state index in [-0.39, 0.29) is 10.8 Å². The highest BCUT2D eigenvalue weighted by Gasteiger charge is 2.35. The fraction of sp³-hybridized carbons (Fsp3) is 0.625. The van der Waals surface area contributed by atoms with Crippen molar-refractivity contribution < 1.29 is 19.1 Å². The summed E-state index contributed by atoms with van der Waals surface area (Å²) in [5.74, 6) is 1.70. The van der Waals surface area contributed by atoms with Gasteiger partial charge in [0.25, 0.3) is 0 Å². The maximum absolute atomic E-state index is 10.9. The number of rotatable bonds is 10. The topological polar surface area (TPSA) is 38.7 Å². The van der Waals surface area contributed by atoms with Gasteiger partial charge in [0.05, 0.1) is 26.3 Å². The Labute approximate surface area is 220 Å². The Morgan fingerprint density at radius 2 is 1.58 bits per heavy atom. The first-order valence-electron chi connectivity index (χ1n) is 13.8. The second-order valence-electron chi connectivity index (χ2n) is 13.1. The monoisotopic (exact) mass is 496 g/mol. The summed E-state index contributed by atoms with van der Waals surface area (Å²) in [6.45, 7) is 21.0. The van der Waals surface area contributed by atoms with Crippen molar-refractivity contribution in [3.8, 4) is 5.75 Å². The summed E-state index contributed by atoms with van der Waals surface area (Å²) in [6, 6.07) is 17.3. The minimum absolute atomic E-state index is 0.00384. The largest absolute Gasteiger partial charge is 0.491 e. The average Bonchev–Trinajstić information content (AvgIpc) is 2.80. The summed E-state index contributed by atoms with van der Waals surface area (Å²) in [4.78, 5) is 0. The Morgan fingerprint density at radius 3 is 2.19 bits per heavy atom. The van der Waals surface area contributed by atoms with Crippen LogP contribution in [-0.4, -0.2) is 55.1 Å². The summed E-state index contributed by atoms with van der Waals surface area (Å²) < 4.78 is 13.0. The molecule has 0 saturated carbocycles. The van der Waals surface area contributed by atoms with Gasteiger partial charge >= 0.3 is 0 Å². The van der Waals surface area contributed by atoms with Gasteiger partial charge in [-0.2, -0.15) is 0 Å². The van der Waals surface area contributed by atoms with Gasteiger partial charge in [-0.15, -0.1) is 0 Å². The first-order valence-corrected chi connectivity index (χ1v) is 13.8. The molecule has 1 saturated heterocycles. The molecule has 2 aromatic carbocycles. The van der Waals surface area contributed by atoms with Gasteiger partial charge in [-0.3, -0.25) is 0 Å². The van der Waals surface area contributed by atoms with E-state index >= 15 is 0 Å². The Hall–Kier alpha value is -1.88. The molecule has 0 spiro atoms. The zero-order chi connectivity index (χ0) is 26.4. The molecule has 4 heteroatoms. The number of quaternary nitrogens is 1. The summed E-state index contributed by atoms with van der Waals surface area (Å²) in [7, 11) is 0. The lowest BCUT2D eigenvalue weighted by Crippen LogP contribution is -2.56. The molecule has 3 rings (SSSR count). The number of benzene rings is 2. The summed E-state index contributed by atoms with van der Waals surface area (Å²) >= 11 is 0. The van der Waals surface area contributed by atoms with Gasteiger partial charge in [0.1, 0.15) is 31.5 Å². The Morgan fingerprint density at radius 1 is 0.917 bits per heavy atom. The number of aliphatic hydroxyl groups excluding tert-OH is 1. The highest BCUT2D eigenvalue weighted by molar-refractivity contribution is 5.43. The number of hydrogen-bond donors (Lipinski definition) is 1. The molecular weight excluding hydrogens is 446 g/mol. The lowest BCUT2D eigenvalue weighted by Gasteiger charge is -2.44. The van der Waals surface area contributed by atoms with Crippen molar-refractivity contribution in [1.82, 2.24) is 0 Å². The number of nitrogens with zero attached hydrogens (tertiary/aromatic N) is 1. The van der Waals surface area contributed by atoms with Crippen LogP contribution in [0.15, 0.2) is 48.5 Å². The van der Waals surface area contributed by atoms with Gasteiger partial charge in [0, 0.05) is 5.56 Å². The number of likely N-dealkylation sites (tertiary alicyclic amines) is 1. The van der Waals surface area contributed by atoms with Crippen molar-refractivity contribution in [2.75, 3.05) is 39.5 Å². The number of aliphatic hydroxyl groups is 1. The van der Waals surface area contributed by atoms with E-state index in [1.165, 1.54) is 29.5 Å². The molecule has 0 aliphatic carbocycles. The molecule has 1 aliphatic heterocycles. The lowest BCUT2D eigenvalue weighted by atomic mass is 9.80. The molecule has 0 aromatic heterocycles. The number of hydrogen-bond acceptors (Lipinski definition) is 3. The standard InChI is InChI=1S/C32H50NO3/c1-25-15-17-33(18-16-25,22-26-11-9-8-10-12-26)23-28(34)24-35-19-20-36-30-14-13-27(31(2,3)4)21-29(30)32(5,6)7/h8-14,21,25,28,34H,15-20,22-24H2,1-7H3/q+1/t25?,28-,33?/m0/s1. The summed E-state index contributed by atoms with van der Waals surface area (Å²) in [6.07, 6.45) is 1.97. The van der Waals surface area contributed by atoms with E-state index in [4.69, 9.17) is 9.47 Å². The zero-order valence-corrected chi connectivity index (χ0v) is 23.8. The van der Waals surface area contributed by atoms with Crippen LogP contribution >= 0.6 is 0 Å². The molecule has 4 nitrogen and oxygen atoms in total. The van der Waals surface area contributed by atoms with Gasteiger partial charge in [-0.25, -0.2) is 0 Å². The first kappa shape index (κ1) is 28.7. The highest BCUT2D eigenvalue weighted by atomic mass is 16.5. The van der Waals surface area contributed by atoms with Crippen LogP contribution in [0.1, 0.15) is 78.0 Å². The maximum atomic E-state index is 10.9. The Balaban J connectivity index is 1.52. The van der Waals surface area contributed by atoms with Crippen LogP contribution < -0.4 is 4.74 Å². The molecule has 36 heavy (non-hydrogen) atoms. The fourth-order valence-corrected chi connectivity index (χ4v) is 5.26. The maximum Gasteiger partial charge on any atom is 0.126 e. The fourth-order valence-electron chi connectivity index (χ4n) is 5.26. The van der Waals surface area contributed by atoms with Crippen LogP contribution in [0.25, 0.3) is 0 Å². The van der Waals surface area contributed by atoms with Gasteiger partial charge in [-0.05, 0) is 46.8 Å². The molecule has 0 radical (unpaired) electrons. The molecule has 0 bridgehead atoms. The zero-order valence-electron chi connectivity index (χ0n) is 23.8. The molecular formula is C32H50NO3+. The first-order chi connectivity index (χ1) is 16.9. The minimum Gasteiger partial charge on any atom is -0.491 e. The predicted octanol–water partition coefficient (Wildman–Crippen LogP) is 6.48. The van der Waals surface area contributed by atoms with Crippen LogP contribution in [0.3, 0.4) is 0 Å². The van der Waals surface area contributed by atoms with Crippen molar-refractivity contribution in [1.29, 1.82) is 0 Å². The normalized spacial score (nSPS) is 21.8. The molecule has 1 fully saturated rings. The van der Waals surface area contributed by atoms with E-state index in [0.717, 1.165) is 42.3 Å². The summed E-state index contributed by atoms with van der Waals surface area (Å²) in [5.41, 5.74) is 3.99. The highest BCUT2D eigenvalue weighted by Crippen LogP contribution is 2.35. The minimum atomic E-state index is -0.474. The third-order valence-corrected chi connectivity index (χ3v) is 7.60.